The van der Waals surface area contributed by atoms with E-state index >= 15 is 0 Å². The van der Waals surface area contributed by atoms with Crippen LogP contribution in [0.4, 0.5) is 0 Å². The molecule has 0 amide bonds. The van der Waals surface area contributed by atoms with Gasteiger partial charge >= 0.3 is 0 Å². The first-order valence-corrected chi connectivity index (χ1v) is 6.68. The van der Waals surface area contributed by atoms with E-state index in [-0.39, 0.29) is 5.78 Å². The second-order valence-corrected chi connectivity index (χ2v) is 6.01. The summed E-state index contributed by atoms with van der Waals surface area (Å²) in [5, 5.41) is 0. The second kappa shape index (κ2) is 5.50. The summed E-state index contributed by atoms with van der Waals surface area (Å²) in [5.41, 5.74) is 1.94. The van der Waals surface area contributed by atoms with Crippen LogP contribution in [0.25, 0.3) is 0 Å². The van der Waals surface area contributed by atoms with E-state index in [0.29, 0.717) is 6.54 Å². The monoisotopic (exact) mass is 263 g/mol. The van der Waals surface area contributed by atoms with Crippen LogP contribution in [0.15, 0.2) is 29.1 Å². The maximum atomic E-state index is 12.2. The fraction of sp³-hybridized carbons (Fsp3) is 0.357. The van der Waals surface area contributed by atoms with Crippen LogP contribution in [-0.4, -0.2) is 24.3 Å². The Morgan fingerprint density at radius 3 is 2.78 bits per heavy atom. The van der Waals surface area contributed by atoms with Gasteiger partial charge in [0.1, 0.15) is 0 Å². The second-order valence-electron chi connectivity index (χ2n) is 4.55. The van der Waals surface area contributed by atoms with Crippen molar-refractivity contribution in [2.45, 2.75) is 20.4 Å². The van der Waals surface area contributed by atoms with Crippen LogP contribution in [0.3, 0.4) is 0 Å². The van der Waals surface area contributed by atoms with Gasteiger partial charge in [-0.1, -0.05) is 0 Å². The third-order valence-corrected chi connectivity index (χ3v) is 3.75. The first kappa shape index (κ1) is 13.1. The van der Waals surface area contributed by atoms with Gasteiger partial charge in [0, 0.05) is 27.4 Å². The van der Waals surface area contributed by atoms with Crippen molar-refractivity contribution >= 4 is 17.1 Å². The Kier molecular flexibility index (Phi) is 3.99. The average molecular weight is 263 g/mol. The summed E-state index contributed by atoms with van der Waals surface area (Å²) in [6.07, 6.45) is 3.36. The number of carbonyl (C=O) groups excluding carboxylic acids is 1. The number of Topliss-reactive ketones (excluding diaryl/α,β-unsaturated/α-hetero) is 1. The fourth-order valence-electron chi connectivity index (χ4n) is 1.99. The Morgan fingerprint density at radius 1 is 1.44 bits per heavy atom. The molecule has 0 aromatic carbocycles. The fourth-order valence-corrected chi connectivity index (χ4v) is 2.93. The van der Waals surface area contributed by atoms with Gasteiger partial charge in [-0.25, -0.2) is 0 Å². The van der Waals surface area contributed by atoms with Crippen LogP contribution in [0.5, 0.6) is 0 Å². The molecule has 2 heterocycles. The number of likely N-dealkylation sites (N-methyl/N-ethyl adjacent to an activating group) is 1. The van der Waals surface area contributed by atoms with Crippen LogP contribution in [0.1, 0.15) is 25.7 Å². The smallest absolute Gasteiger partial charge is 0.177 e. The van der Waals surface area contributed by atoms with E-state index in [1.165, 1.54) is 4.88 Å². The third kappa shape index (κ3) is 3.09. The average Bonchev–Trinajstić information content (AvgIpc) is 2.88. The number of rotatable bonds is 5. The minimum Gasteiger partial charge on any atom is -0.472 e. The van der Waals surface area contributed by atoms with Gasteiger partial charge in [-0.3, -0.25) is 9.69 Å². The molecule has 4 heteroatoms. The summed E-state index contributed by atoms with van der Waals surface area (Å²) in [5.74, 6) is 0.183. The van der Waals surface area contributed by atoms with E-state index in [4.69, 9.17) is 4.42 Å². The van der Waals surface area contributed by atoms with Gasteiger partial charge in [0.05, 0.1) is 19.1 Å². The summed E-state index contributed by atoms with van der Waals surface area (Å²) in [7, 11) is 1.94. The van der Waals surface area contributed by atoms with Crippen molar-refractivity contribution in [1.82, 2.24) is 4.90 Å². The standard InChI is InChI=1S/C14H17NO2S/c1-10-6-13(11(2)18-10)14(16)8-15(3)7-12-4-5-17-9-12/h4-6,9H,7-8H2,1-3H3. The molecule has 0 aliphatic heterocycles. The third-order valence-electron chi connectivity index (χ3n) is 2.79. The highest BCUT2D eigenvalue weighted by Gasteiger charge is 2.14. The number of nitrogens with zero attached hydrogens (tertiary/aromatic N) is 1. The Bertz CT molecular complexity index is 528. The van der Waals surface area contributed by atoms with E-state index < -0.39 is 0 Å². The molecule has 0 saturated heterocycles. The van der Waals surface area contributed by atoms with E-state index in [2.05, 4.69) is 0 Å². The molecule has 0 aliphatic carbocycles. The van der Waals surface area contributed by atoms with Gasteiger partial charge in [0.2, 0.25) is 0 Å². The van der Waals surface area contributed by atoms with Crippen LogP contribution >= 0.6 is 11.3 Å². The molecule has 2 aromatic heterocycles. The molecule has 0 bridgehead atoms. The van der Waals surface area contributed by atoms with Crippen molar-refractivity contribution < 1.29 is 9.21 Å². The molecule has 0 aliphatic rings. The topological polar surface area (TPSA) is 33.5 Å². The lowest BCUT2D eigenvalue weighted by Gasteiger charge is -2.14. The predicted octanol–water partition coefficient (Wildman–Crippen LogP) is 3.27. The number of carbonyl (C=O) groups is 1. The van der Waals surface area contributed by atoms with Crippen molar-refractivity contribution in [3.8, 4) is 0 Å². The van der Waals surface area contributed by atoms with Crippen molar-refractivity contribution in [2.24, 2.45) is 0 Å². The number of aryl methyl sites for hydroxylation is 2. The van der Waals surface area contributed by atoms with E-state index in [0.717, 1.165) is 22.5 Å². The molecule has 0 spiro atoms. The quantitative estimate of drug-likeness (QED) is 0.776. The molecule has 0 atom stereocenters. The molecule has 0 N–H and O–H groups in total. The van der Waals surface area contributed by atoms with Gasteiger partial charge in [-0.2, -0.15) is 0 Å². The molecule has 2 aromatic rings. The first-order chi connectivity index (χ1) is 8.56. The number of hydrogen-bond donors (Lipinski definition) is 0. The predicted molar refractivity (Wildman–Crippen MR) is 73.2 cm³/mol. The molecule has 0 saturated carbocycles. The summed E-state index contributed by atoms with van der Waals surface area (Å²) >= 11 is 1.68. The van der Waals surface area contributed by atoms with Crippen LogP contribution in [-0.2, 0) is 6.54 Å². The summed E-state index contributed by atoms with van der Waals surface area (Å²) in [6, 6.07) is 3.90. The van der Waals surface area contributed by atoms with Gasteiger partial charge in [0.15, 0.2) is 5.78 Å². The van der Waals surface area contributed by atoms with Crippen LogP contribution in [0.2, 0.25) is 0 Å². The minimum atomic E-state index is 0.183. The summed E-state index contributed by atoms with van der Waals surface area (Å²) in [6.45, 7) is 5.19. The van der Waals surface area contributed by atoms with E-state index in [1.54, 1.807) is 23.9 Å². The molecule has 0 fully saturated rings. The first-order valence-electron chi connectivity index (χ1n) is 5.86. The Balaban J connectivity index is 1.97. The Morgan fingerprint density at radius 2 is 2.22 bits per heavy atom. The number of ketones is 1. The maximum Gasteiger partial charge on any atom is 0.177 e. The zero-order valence-electron chi connectivity index (χ0n) is 10.9. The summed E-state index contributed by atoms with van der Waals surface area (Å²) < 4.78 is 5.02. The molecule has 0 unspecified atom stereocenters. The minimum absolute atomic E-state index is 0.183. The number of hydrogen-bond acceptors (Lipinski definition) is 4. The zero-order valence-corrected chi connectivity index (χ0v) is 11.7. The van der Waals surface area contributed by atoms with Gasteiger partial charge < -0.3 is 4.42 Å². The largest absolute Gasteiger partial charge is 0.472 e. The lowest BCUT2D eigenvalue weighted by Crippen LogP contribution is -2.25. The lowest BCUT2D eigenvalue weighted by molar-refractivity contribution is 0.0943. The van der Waals surface area contributed by atoms with Gasteiger partial charge in [0.25, 0.3) is 0 Å². The molecule has 2 rings (SSSR count). The number of thiophene rings is 1. The Labute approximate surface area is 111 Å². The van der Waals surface area contributed by atoms with Crippen LogP contribution < -0.4 is 0 Å². The molecule has 3 nitrogen and oxygen atoms in total. The highest BCUT2D eigenvalue weighted by atomic mass is 32.1. The molecule has 18 heavy (non-hydrogen) atoms. The zero-order chi connectivity index (χ0) is 13.1. The SMILES string of the molecule is Cc1cc(C(=O)CN(C)Cc2ccoc2)c(C)s1. The van der Waals surface area contributed by atoms with Crippen LogP contribution in [0, 0.1) is 13.8 Å². The van der Waals surface area contributed by atoms with E-state index in [9.17, 15) is 4.79 Å². The molecule has 96 valence electrons. The highest BCUT2D eigenvalue weighted by molar-refractivity contribution is 7.12. The van der Waals surface area contributed by atoms with E-state index in [1.807, 2.05) is 37.9 Å². The normalized spacial score (nSPS) is 11.1. The maximum absolute atomic E-state index is 12.2. The lowest BCUT2D eigenvalue weighted by atomic mass is 10.1. The summed E-state index contributed by atoms with van der Waals surface area (Å²) in [4.78, 5) is 16.5. The van der Waals surface area contributed by atoms with Crippen molar-refractivity contribution in [2.75, 3.05) is 13.6 Å². The van der Waals surface area contributed by atoms with Crippen molar-refractivity contribution in [3.63, 3.8) is 0 Å². The van der Waals surface area contributed by atoms with Crippen molar-refractivity contribution in [3.05, 3.63) is 45.5 Å². The van der Waals surface area contributed by atoms with Gasteiger partial charge in [-0.15, -0.1) is 11.3 Å². The number of furan rings is 1. The molecular weight excluding hydrogens is 246 g/mol. The Hall–Kier alpha value is -1.39. The van der Waals surface area contributed by atoms with Gasteiger partial charge in [-0.05, 0) is 33.0 Å². The van der Waals surface area contributed by atoms with Crippen molar-refractivity contribution in [1.29, 1.82) is 0 Å². The highest BCUT2D eigenvalue weighted by Crippen LogP contribution is 2.21. The molecule has 0 radical (unpaired) electrons. The molecular formula is C14H17NO2S.